The Morgan fingerprint density at radius 1 is 1.34 bits per heavy atom. The van der Waals surface area contributed by atoms with Crippen molar-refractivity contribution in [1.82, 2.24) is 9.66 Å². The van der Waals surface area contributed by atoms with Crippen molar-refractivity contribution in [1.29, 1.82) is 0 Å². The Bertz CT molecular complexity index is 1390. The summed E-state index contributed by atoms with van der Waals surface area (Å²) in [5, 5.41) is 16.4. The number of hydrogen-bond donors (Lipinski definition) is 0. The van der Waals surface area contributed by atoms with Crippen molar-refractivity contribution >= 4 is 56.3 Å². The van der Waals surface area contributed by atoms with Crippen LogP contribution in [-0.2, 0) is 9.53 Å². The Labute approximate surface area is 213 Å². The third-order valence-corrected chi connectivity index (χ3v) is 6.00. The monoisotopic (exact) mass is 564 g/mol. The SMILES string of the molecule is CC[C@@H](C)c1nc2ccc(Br)cc2c(=O)n1N=Cc1cc(Cl)cc([N+](=O)[O-])c1O[C@H](C)C(=O)OC. The second kappa shape index (κ2) is 11.0. The molecule has 0 bridgehead atoms. The normalized spacial score (nSPS) is 13.1. The Kier molecular flexibility index (Phi) is 8.23. The zero-order chi connectivity index (χ0) is 25.9. The summed E-state index contributed by atoms with van der Waals surface area (Å²) in [6, 6.07) is 7.66. The molecule has 0 saturated carbocycles. The van der Waals surface area contributed by atoms with Gasteiger partial charge in [-0.15, -0.1) is 0 Å². The van der Waals surface area contributed by atoms with Crippen LogP contribution in [0.15, 0.2) is 44.7 Å². The third kappa shape index (κ3) is 5.68. The molecule has 0 fully saturated rings. The number of nitro groups is 1. The maximum Gasteiger partial charge on any atom is 0.346 e. The van der Waals surface area contributed by atoms with Gasteiger partial charge in [-0.1, -0.05) is 41.4 Å². The van der Waals surface area contributed by atoms with Crippen LogP contribution in [0, 0.1) is 10.1 Å². The van der Waals surface area contributed by atoms with Crippen LogP contribution in [-0.4, -0.2) is 40.0 Å². The van der Waals surface area contributed by atoms with Crippen molar-refractivity contribution < 1.29 is 19.2 Å². The molecule has 1 aromatic heterocycles. The summed E-state index contributed by atoms with van der Waals surface area (Å²) >= 11 is 9.47. The highest BCUT2D eigenvalue weighted by atomic mass is 79.9. The van der Waals surface area contributed by atoms with Crippen molar-refractivity contribution in [3.05, 3.63) is 71.7 Å². The summed E-state index contributed by atoms with van der Waals surface area (Å²) in [7, 11) is 1.18. The van der Waals surface area contributed by atoms with Gasteiger partial charge < -0.3 is 9.47 Å². The molecule has 0 aliphatic rings. The van der Waals surface area contributed by atoms with Crippen molar-refractivity contribution in [3.8, 4) is 5.75 Å². The van der Waals surface area contributed by atoms with E-state index in [4.69, 9.17) is 16.3 Å². The largest absolute Gasteiger partial charge is 0.471 e. The molecule has 0 saturated heterocycles. The number of esters is 1. The molecule has 0 aliphatic heterocycles. The first-order valence-electron chi connectivity index (χ1n) is 10.6. The minimum absolute atomic E-state index is 0.0475. The summed E-state index contributed by atoms with van der Waals surface area (Å²) in [6.07, 6.45) is 0.763. The van der Waals surface area contributed by atoms with Crippen LogP contribution in [0.25, 0.3) is 10.9 Å². The number of methoxy groups -OCH3 is 1. The first-order chi connectivity index (χ1) is 16.6. The molecule has 184 valence electrons. The molecule has 12 heteroatoms. The van der Waals surface area contributed by atoms with Gasteiger partial charge in [0.15, 0.2) is 6.10 Å². The first kappa shape index (κ1) is 26.3. The fourth-order valence-corrected chi connectivity index (χ4v) is 3.83. The Balaban J connectivity index is 2.23. The number of aromatic nitrogens is 2. The minimum Gasteiger partial charge on any atom is -0.471 e. The highest BCUT2D eigenvalue weighted by Gasteiger charge is 2.25. The summed E-state index contributed by atoms with van der Waals surface area (Å²) in [5.41, 5.74) is -0.264. The lowest BCUT2D eigenvalue weighted by molar-refractivity contribution is -0.386. The standard InChI is InChI=1S/C23H22BrClN4O6/c1-5-12(2)21-27-18-7-6-15(24)9-17(18)22(30)28(21)26-11-14-8-16(25)10-19(29(32)33)20(14)35-13(3)23(31)34-4/h6-13H,5H2,1-4H3/t12-,13-/m1/s1. The van der Waals surface area contributed by atoms with E-state index in [1.807, 2.05) is 13.8 Å². The predicted molar refractivity (Wildman–Crippen MR) is 136 cm³/mol. The molecule has 0 spiro atoms. The van der Waals surface area contributed by atoms with Gasteiger partial charge in [-0.25, -0.2) is 9.78 Å². The van der Waals surface area contributed by atoms with Gasteiger partial charge in [0.1, 0.15) is 5.82 Å². The number of ether oxygens (including phenoxy) is 2. The molecule has 1 heterocycles. The average Bonchev–Trinajstić information content (AvgIpc) is 2.83. The van der Waals surface area contributed by atoms with E-state index in [2.05, 4.69) is 30.8 Å². The molecular weight excluding hydrogens is 544 g/mol. The van der Waals surface area contributed by atoms with Gasteiger partial charge in [-0.2, -0.15) is 9.78 Å². The third-order valence-electron chi connectivity index (χ3n) is 5.29. The van der Waals surface area contributed by atoms with Gasteiger partial charge in [-0.05, 0) is 37.6 Å². The van der Waals surface area contributed by atoms with E-state index in [0.29, 0.717) is 27.6 Å². The number of carbonyl (C=O) groups is 1. The number of halogens is 2. The van der Waals surface area contributed by atoms with Crippen molar-refractivity contribution in [3.63, 3.8) is 0 Å². The number of benzene rings is 2. The summed E-state index contributed by atoms with van der Waals surface area (Å²) in [6.45, 7) is 5.26. The fourth-order valence-electron chi connectivity index (χ4n) is 3.25. The highest BCUT2D eigenvalue weighted by Crippen LogP contribution is 2.34. The van der Waals surface area contributed by atoms with Crippen LogP contribution < -0.4 is 10.3 Å². The van der Waals surface area contributed by atoms with E-state index in [1.165, 1.54) is 26.3 Å². The topological polar surface area (TPSA) is 126 Å². The number of fused-ring (bicyclic) bond motifs is 1. The number of nitro benzene ring substituents is 1. The molecule has 0 amide bonds. The maximum absolute atomic E-state index is 13.3. The van der Waals surface area contributed by atoms with E-state index < -0.39 is 28.2 Å². The molecule has 0 aliphatic carbocycles. The van der Waals surface area contributed by atoms with E-state index in [1.54, 1.807) is 18.2 Å². The molecule has 0 N–H and O–H groups in total. The van der Waals surface area contributed by atoms with Crippen molar-refractivity contribution in [2.24, 2.45) is 5.10 Å². The van der Waals surface area contributed by atoms with Gasteiger partial charge in [0.2, 0.25) is 5.75 Å². The predicted octanol–water partition coefficient (Wildman–Crippen LogP) is 5.06. The molecule has 2 aromatic carbocycles. The summed E-state index contributed by atoms with van der Waals surface area (Å²) in [4.78, 5) is 40.8. The van der Waals surface area contributed by atoms with E-state index in [9.17, 15) is 19.7 Å². The lowest BCUT2D eigenvalue weighted by Gasteiger charge is -2.16. The zero-order valence-electron chi connectivity index (χ0n) is 19.3. The van der Waals surface area contributed by atoms with Crippen molar-refractivity contribution in [2.45, 2.75) is 39.2 Å². The van der Waals surface area contributed by atoms with Crippen LogP contribution in [0.4, 0.5) is 5.69 Å². The molecule has 0 radical (unpaired) electrons. The highest BCUT2D eigenvalue weighted by molar-refractivity contribution is 9.10. The smallest absolute Gasteiger partial charge is 0.346 e. The minimum atomic E-state index is -1.15. The zero-order valence-corrected chi connectivity index (χ0v) is 21.7. The molecule has 2 atom stereocenters. The molecule has 3 rings (SSSR count). The Morgan fingerprint density at radius 3 is 2.69 bits per heavy atom. The van der Waals surface area contributed by atoms with Gasteiger partial charge in [0.05, 0.1) is 29.2 Å². The van der Waals surface area contributed by atoms with Crippen LogP contribution in [0.5, 0.6) is 5.75 Å². The summed E-state index contributed by atoms with van der Waals surface area (Å²) < 4.78 is 12.1. The number of rotatable bonds is 8. The maximum atomic E-state index is 13.3. The van der Waals surface area contributed by atoms with Gasteiger partial charge in [0.25, 0.3) is 5.56 Å². The Hall–Kier alpha value is -3.31. The van der Waals surface area contributed by atoms with Gasteiger partial charge >= 0.3 is 11.7 Å². The lowest BCUT2D eigenvalue weighted by Crippen LogP contribution is -2.26. The fraction of sp³-hybridized carbons (Fsp3) is 0.304. The first-order valence-corrected chi connectivity index (χ1v) is 11.7. The molecule has 10 nitrogen and oxygen atoms in total. The second-order valence-electron chi connectivity index (χ2n) is 7.69. The summed E-state index contributed by atoms with van der Waals surface area (Å²) in [5.74, 6) is -0.658. The van der Waals surface area contributed by atoms with Crippen LogP contribution in [0.3, 0.4) is 0 Å². The molecular formula is C23H22BrClN4O6. The molecule has 35 heavy (non-hydrogen) atoms. The van der Waals surface area contributed by atoms with Crippen LogP contribution in [0.1, 0.15) is 44.5 Å². The second-order valence-corrected chi connectivity index (χ2v) is 9.04. The van der Waals surface area contributed by atoms with E-state index >= 15 is 0 Å². The quantitative estimate of drug-likeness (QED) is 0.162. The molecule has 3 aromatic rings. The average molecular weight is 566 g/mol. The number of nitrogens with zero attached hydrogens (tertiary/aromatic N) is 4. The molecule has 0 unspecified atom stereocenters. The van der Waals surface area contributed by atoms with Crippen LogP contribution >= 0.6 is 27.5 Å². The van der Waals surface area contributed by atoms with Crippen LogP contribution in [0.2, 0.25) is 5.02 Å². The van der Waals surface area contributed by atoms with Crippen molar-refractivity contribution in [2.75, 3.05) is 7.11 Å². The lowest BCUT2D eigenvalue weighted by atomic mass is 10.1. The Morgan fingerprint density at radius 2 is 2.06 bits per heavy atom. The van der Waals surface area contributed by atoms with Gasteiger partial charge in [0, 0.05) is 27.0 Å². The number of carbonyl (C=O) groups excluding carboxylic acids is 1. The van der Waals surface area contributed by atoms with E-state index in [-0.39, 0.29) is 22.3 Å². The van der Waals surface area contributed by atoms with Gasteiger partial charge in [-0.3, -0.25) is 14.9 Å². The van der Waals surface area contributed by atoms with E-state index in [0.717, 1.165) is 10.7 Å². The number of hydrogen-bond acceptors (Lipinski definition) is 8.